The minimum Gasteiger partial charge on any atom is -0.298 e. The van der Waals surface area contributed by atoms with Gasteiger partial charge in [-0.05, 0) is 61.9 Å². The maximum atomic E-state index is 12.7. The number of carbonyl (C=O) groups excluding carboxylic acids is 1. The van der Waals surface area contributed by atoms with Crippen LogP contribution in [0.4, 0.5) is 5.13 Å². The molecule has 3 nitrogen and oxygen atoms in total. The average molecular weight is 437 g/mol. The normalized spacial score (nSPS) is 13.4. The Bertz CT molecular complexity index is 1010. The minimum atomic E-state index is -0.0597. The number of thiophene rings is 1. The molecule has 0 fully saturated rings. The molecular formula is C20H18Cl2N2OS2. The summed E-state index contributed by atoms with van der Waals surface area (Å²) >= 11 is 15.6. The van der Waals surface area contributed by atoms with Gasteiger partial charge in [0.1, 0.15) is 0 Å². The van der Waals surface area contributed by atoms with E-state index in [4.69, 9.17) is 23.2 Å². The van der Waals surface area contributed by atoms with Crippen LogP contribution < -0.4 is 5.32 Å². The van der Waals surface area contributed by atoms with E-state index >= 15 is 0 Å². The fourth-order valence-electron chi connectivity index (χ4n) is 3.35. The van der Waals surface area contributed by atoms with E-state index in [0.717, 1.165) is 41.0 Å². The molecule has 27 heavy (non-hydrogen) atoms. The molecule has 3 aromatic rings. The van der Waals surface area contributed by atoms with Crippen molar-refractivity contribution in [1.82, 2.24) is 4.98 Å². The highest BCUT2D eigenvalue weighted by Gasteiger charge is 2.21. The summed E-state index contributed by atoms with van der Waals surface area (Å²) in [5.41, 5.74) is 3.89. The van der Waals surface area contributed by atoms with Crippen molar-refractivity contribution in [3.8, 4) is 0 Å². The second-order valence-electron chi connectivity index (χ2n) is 6.65. The van der Waals surface area contributed by atoms with Crippen LogP contribution in [0.2, 0.25) is 10.0 Å². The summed E-state index contributed by atoms with van der Waals surface area (Å²) in [5.74, 6) is -0.0597. The van der Waals surface area contributed by atoms with Crippen LogP contribution >= 0.6 is 45.9 Å². The molecule has 0 atom stereocenters. The van der Waals surface area contributed by atoms with Crippen molar-refractivity contribution < 1.29 is 4.79 Å². The molecule has 4 rings (SSSR count). The van der Waals surface area contributed by atoms with E-state index in [1.807, 2.05) is 18.4 Å². The standard InChI is InChI=1S/C20H18Cl2N2OS2/c1-11-18(9-12-8-13(21)6-7-16(12)22)27-20(23-11)24-19(25)15-10-26-17-5-3-2-4-14(15)17/h6-8,10H,2-5,9H2,1H3,(H,23,24,25). The molecule has 0 saturated carbocycles. The van der Waals surface area contributed by atoms with Crippen LogP contribution in [0, 0.1) is 6.92 Å². The number of nitrogens with zero attached hydrogens (tertiary/aromatic N) is 1. The fourth-order valence-corrected chi connectivity index (χ4v) is 5.83. The third kappa shape index (κ3) is 4.06. The number of anilines is 1. The molecule has 0 bridgehead atoms. The highest BCUT2D eigenvalue weighted by molar-refractivity contribution is 7.16. The number of benzene rings is 1. The monoisotopic (exact) mass is 436 g/mol. The second kappa shape index (κ2) is 7.92. The Morgan fingerprint density at radius 3 is 2.93 bits per heavy atom. The molecule has 2 heterocycles. The van der Waals surface area contributed by atoms with Crippen LogP contribution in [-0.2, 0) is 19.3 Å². The van der Waals surface area contributed by atoms with E-state index in [9.17, 15) is 4.79 Å². The van der Waals surface area contributed by atoms with Crippen LogP contribution in [0.25, 0.3) is 0 Å². The molecule has 1 amide bonds. The summed E-state index contributed by atoms with van der Waals surface area (Å²) in [6.45, 7) is 1.95. The summed E-state index contributed by atoms with van der Waals surface area (Å²) in [6, 6.07) is 5.46. The van der Waals surface area contributed by atoms with Gasteiger partial charge in [-0.3, -0.25) is 10.1 Å². The number of aryl methyl sites for hydroxylation is 2. The smallest absolute Gasteiger partial charge is 0.258 e. The van der Waals surface area contributed by atoms with E-state index < -0.39 is 0 Å². The van der Waals surface area contributed by atoms with Crippen LogP contribution in [0.3, 0.4) is 0 Å². The Balaban J connectivity index is 1.52. The molecule has 0 spiro atoms. The zero-order valence-corrected chi connectivity index (χ0v) is 17.9. The number of hydrogen-bond donors (Lipinski definition) is 1. The summed E-state index contributed by atoms with van der Waals surface area (Å²) in [5, 5.41) is 6.94. The second-order valence-corrected chi connectivity index (χ2v) is 9.54. The quantitative estimate of drug-likeness (QED) is 0.504. The number of hydrogen-bond acceptors (Lipinski definition) is 4. The number of amides is 1. The zero-order valence-electron chi connectivity index (χ0n) is 14.8. The maximum absolute atomic E-state index is 12.7. The van der Waals surface area contributed by atoms with Gasteiger partial charge in [0, 0.05) is 31.6 Å². The fraction of sp³-hybridized carbons (Fsp3) is 0.300. The van der Waals surface area contributed by atoms with E-state index in [1.54, 1.807) is 23.5 Å². The molecule has 0 aliphatic heterocycles. The van der Waals surface area contributed by atoms with Crippen LogP contribution in [0.5, 0.6) is 0 Å². The van der Waals surface area contributed by atoms with Gasteiger partial charge in [0.2, 0.25) is 0 Å². The number of thiazole rings is 1. The Kier molecular flexibility index (Phi) is 5.55. The lowest BCUT2D eigenvalue weighted by Gasteiger charge is -2.12. The van der Waals surface area contributed by atoms with E-state index in [1.165, 1.54) is 28.2 Å². The van der Waals surface area contributed by atoms with Gasteiger partial charge in [0.05, 0.1) is 11.3 Å². The summed E-state index contributed by atoms with van der Waals surface area (Å²) in [4.78, 5) is 19.7. The number of halogens is 2. The molecule has 7 heteroatoms. The Hall–Kier alpha value is -1.40. The lowest BCUT2D eigenvalue weighted by atomic mass is 9.96. The molecule has 1 aliphatic rings. The van der Waals surface area contributed by atoms with Crippen molar-refractivity contribution in [2.75, 3.05) is 5.32 Å². The molecule has 1 aliphatic carbocycles. The number of nitrogens with one attached hydrogen (secondary N) is 1. The van der Waals surface area contributed by atoms with Gasteiger partial charge in [-0.15, -0.1) is 22.7 Å². The molecule has 2 aromatic heterocycles. The maximum Gasteiger partial charge on any atom is 0.258 e. The third-order valence-corrected chi connectivity index (χ3v) is 7.54. The van der Waals surface area contributed by atoms with Crippen molar-refractivity contribution in [3.63, 3.8) is 0 Å². The van der Waals surface area contributed by atoms with E-state index in [2.05, 4.69) is 10.3 Å². The summed E-state index contributed by atoms with van der Waals surface area (Å²) in [7, 11) is 0. The molecule has 0 radical (unpaired) electrons. The topological polar surface area (TPSA) is 42.0 Å². The predicted octanol–water partition coefficient (Wildman–Crippen LogP) is 6.54. The number of fused-ring (bicyclic) bond motifs is 1. The van der Waals surface area contributed by atoms with Gasteiger partial charge >= 0.3 is 0 Å². The van der Waals surface area contributed by atoms with Crippen molar-refractivity contribution in [2.45, 2.75) is 39.0 Å². The largest absolute Gasteiger partial charge is 0.298 e. The van der Waals surface area contributed by atoms with Gasteiger partial charge < -0.3 is 0 Å². The lowest BCUT2D eigenvalue weighted by Crippen LogP contribution is -2.14. The lowest BCUT2D eigenvalue weighted by molar-refractivity contribution is 0.102. The first-order valence-corrected chi connectivity index (χ1v) is 11.3. The SMILES string of the molecule is Cc1nc(NC(=O)c2csc3c2CCCC3)sc1Cc1cc(Cl)ccc1Cl. The van der Waals surface area contributed by atoms with Gasteiger partial charge in [0.25, 0.3) is 5.91 Å². The first-order chi connectivity index (χ1) is 13.0. The van der Waals surface area contributed by atoms with Crippen LogP contribution in [0.15, 0.2) is 23.6 Å². The van der Waals surface area contributed by atoms with E-state index in [-0.39, 0.29) is 5.91 Å². The molecule has 1 N–H and O–H groups in total. The summed E-state index contributed by atoms with van der Waals surface area (Å²) in [6.07, 6.45) is 5.11. The van der Waals surface area contributed by atoms with Crippen LogP contribution in [-0.4, -0.2) is 10.9 Å². The number of carbonyl (C=O) groups is 1. The van der Waals surface area contributed by atoms with E-state index in [0.29, 0.717) is 21.6 Å². The average Bonchev–Trinajstić information content (AvgIpc) is 3.22. The first-order valence-electron chi connectivity index (χ1n) is 8.82. The van der Waals surface area contributed by atoms with Gasteiger partial charge in [0.15, 0.2) is 5.13 Å². The number of aromatic nitrogens is 1. The van der Waals surface area contributed by atoms with Crippen molar-refractivity contribution in [1.29, 1.82) is 0 Å². The third-order valence-electron chi connectivity index (χ3n) is 4.78. The zero-order chi connectivity index (χ0) is 19.0. The number of rotatable bonds is 4. The van der Waals surface area contributed by atoms with Gasteiger partial charge in [-0.1, -0.05) is 23.2 Å². The highest BCUT2D eigenvalue weighted by Crippen LogP contribution is 2.32. The molecule has 140 valence electrons. The van der Waals surface area contributed by atoms with Gasteiger partial charge in [-0.2, -0.15) is 0 Å². The molecule has 0 saturated heterocycles. The van der Waals surface area contributed by atoms with Crippen molar-refractivity contribution in [3.05, 3.63) is 65.8 Å². The van der Waals surface area contributed by atoms with Crippen LogP contribution in [0.1, 0.15) is 49.8 Å². The molecular weight excluding hydrogens is 419 g/mol. The first kappa shape index (κ1) is 18.9. The minimum absolute atomic E-state index is 0.0597. The van der Waals surface area contributed by atoms with Crippen molar-refractivity contribution >= 4 is 56.9 Å². The molecule has 1 aromatic carbocycles. The Morgan fingerprint density at radius 2 is 2.07 bits per heavy atom. The van der Waals surface area contributed by atoms with Gasteiger partial charge in [-0.25, -0.2) is 4.98 Å². The van der Waals surface area contributed by atoms with Crippen molar-refractivity contribution in [2.24, 2.45) is 0 Å². The highest BCUT2D eigenvalue weighted by atomic mass is 35.5. The predicted molar refractivity (Wildman–Crippen MR) is 115 cm³/mol. The Morgan fingerprint density at radius 1 is 1.26 bits per heavy atom. The molecule has 0 unspecified atom stereocenters. The summed E-state index contributed by atoms with van der Waals surface area (Å²) < 4.78 is 0. The Labute approximate surface area is 176 Å².